The van der Waals surface area contributed by atoms with Crippen molar-refractivity contribution in [2.24, 2.45) is 5.73 Å². The molecule has 20 heteroatoms. The van der Waals surface area contributed by atoms with Crippen molar-refractivity contribution >= 4 is 57.6 Å². The zero-order valence-corrected chi connectivity index (χ0v) is 36.3. The highest BCUT2D eigenvalue weighted by Crippen LogP contribution is 2.34. The van der Waals surface area contributed by atoms with Gasteiger partial charge in [0.2, 0.25) is 17.8 Å². The molecule has 6 heterocycles. The number of nitrogens with two attached hydrogens (primary N) is 1. The monoisotopic (exact) mass is 877 g/mol. The Hall–Kier alpha value is -7.09. The first-order valence-electron chi connectivity index (χ1n) is 21.6. The molecule has 19 nitrogen and oxygen atoms in total. The van der Waals surface area contributed by atoms with Crippen molar-refractivity contribution in [3.63, 3.8) is 0 Å². The fourth-order valence-electron chi connectivity index (χ4n) is 8.15. The summed E-state index contributed by atoms with van der Waals surface area (Å²) in [6.45, 7) is 11.2. The van der Waals surface area contributed by atoms with E-state index in [1.807, 2.05) is 39.8 Å². The molecule has 2 aromatic carbocycles. The van der Waals surface area contributed by atoms with Crippen LogP contribution in [-0.2, 0) is 26.2 Å². The van der Waals surface area contributed by atoms with Gasteiger partial charge in [-0.3, -0.25) is 39.2 Å². The quantitative estimate of drug-likeness (QED) is 0.0981. The summed E-state index contributed by atoms with van der Waals surface area (Å²) in [5.41, 5.74) is 10.2. The largest absolute Gasteiger partial charge is 0.491 e. The summed E-state index contributed by atoms with van der Waals surface area (Å²) in [4.78, 5) is 65.4. The molecular formula is C44H52FN13O6. The Bertz CT molecular complexity index is 2780. The number of rotatable bonds is 12. The smallest absolute Gasteiger partial charge is 0.276 e. The molecule has 8 rings (SSSR count). The molecule has 64 heavy (non-hydrogen) atoms. The fourth-order valence-corrected chi connectivity index (χ4v) is 8.15. The first-order valence-corrected chi connectivity index (χ1v) is 21.6. The minimum Gasteiger partial charge on any atom is -0.491 e. The number of nitrogens with one attached hydrogen (secondary N) is 3. The van der Waals surface area contributed by atoms with Crippen molar-refractivity contribution in [2.75, 3.05) is 50.0 Å². The molecule has 0 bridgehead atoms. The number of carbonyl (C=O) groups excluding carboxylic acids is 4. The van der Waals surface area contributed by atoms with Gasteiger partial charge in [0.05, 0.1) is 35.6 Å². The second-order valence-electron chi connectivity index (χ2n) is 15.8. The third-order valence-electron chi connectivity index (χ3n) is 11.2. The summed E-state index contributed by atoms with van der Waals surface area (Å²) in [7, 11) is 0. The van der Waals surface area contributed by atoms with E-state index >= 15 is 0 Å². The molecular weight excluding hydrogens is 826 g/mol. The maximum absolute atomic E-state index is 13.9. The second kappa shape index (κ2) is 18.7. The Labute approximate surface area is 367 Å². The predicted molar refractivity (Wildman–Crippen MR) is 237 cm³/mol. The maximum atomic E-state index is 13.9. The van der Waals surface area contributed by atoms with E-state index in [9.17, 15) is 23.6 Å². The molecule has 0 unspecified atom stereocenters. The summed E-state index contributed by atoms with van der Waals surface area (Å²) in [5, 5.41) is 17.8. The zero-order chi connectivity index (χ0) is 45.1. The normalized spacial score (nSPS) is 16.2. The molecule has 1 saturated heterocycles. The number of halogens is 1. The van der Waals surface area contributed by atoms with Crippen LogP contribution in [0.15, 0.2) is 48.6 Å². The van der Waals surface area contributed by atoms with Gasteiger partial charge in [-0.05, 0) is 83.5 Å². The average Bonchev–Trinajstić information content (AvgIpc) is 4.10. The topological polar surface area (TPSA) is 223 Å². The maximum Gasteiger partial charge on any atom is 0.276 e. The SMILES string of the molecule is CCn1nc(C)cc1C(=O)Nc1nc2cc(C(N)=O)cc3c2n1C/C=C/Cn1c(NC(=O)c2cc(C)nn2CC)nc2cc(C(=O)NCCCN4CC[C@@H](F)C4)cc(c21)OCCCO3. The lowest BCUT2D eigenvalue weighted by atomic mass is 10.1. The van der Waals surface area contributed by atoms with E-state index in [0.717, 1.165) is 0 Å². The van der Waals surface area contributed by atoms with Gasteiger partial charge in [-0.15, -0.1) is 0 Å². The number of anilines is 2. The summed E-state index contributed by atoms with van der Waals surface area (Å²) in [6.07, 6.45) is 4.48. The van der Waals surface area contributed by atoms with Gasteiger partial charge in [-0.1, -0.05) is 12.2 Å². The van der Waals surface area contributed by atoms with Crippen LogP contribution in [0.4, 0.5) is 16.3 Å². The van der Waals surface area contributed by atoms with Gasteiger partial charge >= 0.3 is 0 Å². The first-order chi connectivity index (χ1) is 30.9. The van der Waals surface area contributed by atoms with Crippen molar-refractivity contribution in [2.45, 2.75) is 79.3 Å². The number of primary amides is 1. The van der Waals surface area contributed by atoms with Gasteiger partial charge in [-0.2, -0.15) is 10.2 Å². The van der Waals surface area contributed by atoms with Crippen LogP contribution in [0.2, 0.25) is 0 Å². The molecule has 2 aliphatic heterocycles. The zero-order valence-electron chi connectivity index (χ0n) is 36.3. The summed E-state index contributed by atoms with van der Waals surface area (Å²) < 4.78 is 33.3. The Morgan fingerprint density at radius 3 is 1.80 bits per heavy atom. The van der Waals surface area contributed by atoms with Crippen LogP contribution < -0.4 is 31.2 Å². The van der Waals surface area contributed by atoms with Crippen LogP contribution in [0.5, 0.6) is 11.5 Å². The summed E-state index contributed by atoms with van der Waals surface area (Å²) in [6, 6.07) is 9.83. The van der Waals surface area contributed by atoms with Crippen LogP contribution >= 0.6 is 0 Å². The van der Waals surface area contributed by atoms with Gasteiger partial charge in [0, 0.05) is 63.4 Å². The van der Waals surface area contributed by atoms with Gasteiger partial charge in [0.25, 0.3) is 17.7 Å². The van der Waals surface area contributed by atoms with Crippen molar-refractivity contribution in [1.29, 1.82) is 0 Å². The number of likely N-dealkylation sites (tertiary alicyclic amines) is 1. The van der Waals surface area contributed by atoms with Crippen LogP contribution in [0.25, 0.3) is 22.1 Å². The van der Waals surface area contributed by atoms with Crippen LogP contribution in [0.1, 0.15) is 86.2 Å². The number of aryl methyl sites for hydroxylation is 4. The minimum absolute atomic E-state index is 0.142. The van der Waals surface area contributed by atoms with Crippen LogP contribution in [0, 0.1) is 13.8 Å². The molecule has 6 aromatic rings. The lowest BCUT2D eigenvalue weighted by molar-refractivity contribution is 0.0949. The standard InChI is InChI=1S/C44H52FN13O6/c1-5-57-33(19-26(3)52-57)41(61)50-43-48-31-21-28(39(46)59)23-35-37(31)55(43)14-7-8-15-56-38-32(49-44(56)51-42(62)34-20-27(4)53-58(34)6-2)22-29(24-36(38)64-18-10-17-63-35)40(60)47-12-9-13-54-16-11-30(45)25-54/h7-8,19-24,30H,5-6,9-18,25H2,1-4H3,(H2,46,59)(H,47,60)(H,48,50,61)(H,49,51,62)/b8-7+/t30-/m1/s1. The number of carbonyl (C=O) groups is 4. The average molecular weight is 878 g/mol. The molecule has 1 fully saturated rings. The number of amides is 4. The molecule has 5 N–H and O–H groups in total. The Kier molecular flexibility index (Phi) is 12.7. The Balaban J connectivity index is 1.16. The lowest BCUT2D eigenvalue weighted by Crippen LogP contribution is -2.29. The molecule has 0 saturated carbocycles. The van der Waals surface area contributed by atoms with Gasteiger partial charge < -0.3 is 34.6 Å². The molecule has 1 atom stereocenters. The van der Waals surface area contributed by atoms with E-state index in [2.05, 4.69) is 31.0 Å². The van der Waals surface area contributed by atoms with Crippen LogP contribution in [0.3, 0.4) is 0 Å². The number of benzene rings is 2. The predicted octanol–water partition coefficient (Wildman–Crippen LogP) is 4.62. The number of aromatic nitrogens is 8. The number of hydrogen-bond donors (Lipinski definition) is 4. The van der Waals surface area contributed by atoms with E-state index in [0.29, 0.717) is 120 Å². The summed E-state index contributed by atoms with van der Waals surface area (Å²) in [5.74, 6) is -0.753. The van der Waals surface area contributed by atoms with Crippen molar-refractivity contribution in [3.05, 3.63) is 82.5 Å². The minimum atomic E-state index is -0.811. The van der Waals surface area contributed by atoms with E-state index < -0.39 is 23.9 Å². The lowest BCUT2D eigenvalue weighted by Gasteiger charge is -2.15. The van der Waals surface area contributed by atoms with E-state index in [4.69, 9.17) is 25.2 Å². The van der Waals surface area contributed by atoms with E-state index in [1.165, 1.54) is 0 Å². The number of ether oxygens (including phenoxy) is 2. The van der Waals surface area contributed by atoms with Crippen LogP contribution in [-0.4, -0.2) is 113 Å². The van der Waals surface area contributed by atoms with Crippen molar-refractivity contribution < 1.29 is 33.0 Å². The van der Waals surface area contributed by atoms with Gasteiger partial charge in [0.15, 0.2) is 0 Å². The molecule has 4 aromatic heterocycles. The number of alkyl halides is 1. The molecule has 0 radical (unpaired) electrons. The number of nitrogens with zero attached hydrogens (tertiary/aromatic N) is 9. The number of imidazole rings is 2. The Morgan fingerprint density at radius 2 is 1.30 bits per heavy atom. The molecule has 4 amide bonds. The first kappa shape index (κ1) is 43.6. The Morgan fingerprint density at radius 1 is 0.766 bits per heavy atom. The van der Waals surface area contributed by atoms with Gasteiger partial charge in [-0.25, -0.2) is 14.4 Å². The van der Waals surface area contributed by atoms with Crippen molar-refractivity contribution in [1.82, 2.24) is 48.9 Å². The fraction of sp³-hybridized carbons (Fsp3) is 0.409. The van der Waals surface area contributed by atoms with Gasteiger partial charge in [0.1, 0.15) is 40.1 Å². The molecule has 336 valence electrons. The molecule has 2 aliphatic rings. The van der Waals surface area contributed by atoms with E-state index in [-0.39, 0.29) is 49.7 Å². The highest BCUT2D eigenvalue weighted by molar-refractivity contribution is 6.05. The molecule has 0 spiro atoms. The summed E-state index contributed by atoms with van der Waals surface area (Å²) >= 11 is 0. The molecule has 0 aliphatic carbocycles. The third kappa shape index (κ3) is 9.17. The third-order valence-corrected chi connectivity index (χ3v) is 11.2. The van der Waals surface area contributed by atoms with E-state index in [1.54, 1.807) is 54.9 Å². The second-order valence-corrected chi connectivity index (χ2v) is 15.8. The highest BCUT2D eigenvalue weighted by Gasteiger charge is 2.25. The number of hydrogen-bond acceptors (Lipinski definition) is 11. The highest BCUT2D eigenvalue weighted by atomic mass is 19.1. The number of allylic oxidation sites excluding steroid dienone is 2. The van der Waals surface area contributed by atoms with Crippen molar-refractivity contribution in [3.8, 4) is 11.5 Å².